The van der Waals surface area contributed by atoms with Crippen molar-refractivity contribution in [1.29, 1.82) is 0 Å². The second-order valence-corrected chi connectivity index (χ2v) is 6.04. The predicted molar refractivity (Wildman–Crippen MR) is 87.3 cm³/mol. The summed E-state index contributed by atoms with van der Waals surface area (Å²) < 4.78 is 0.926. The summed E-state index contributed by atoms with van der Waals surface area (Å²) in [6, 6.07) is 0.504. The van der Waals surface area contributed by atoms with Crippen LogP contribution in [0.3, 0.4) is 0 Å². The summed E-state index contributed by atoms with van der Waals surface area (Å²) in [5.41, 5.74) is 0. The Bertz CT molecular complexity index is 418. The standard InChI is InChI=1S/C14H24BrN5/c1-3-7-20-8-5-11(6-9-20)18-13-12(15)10-17-14(19-13)16-4-2/h10-11H,3-9H2,1-2H3,(H2,16,17,18,19). The van der Waals surface area contributed by atoms with E-state index < -0.39 is 0 Å². The number of likely N-dealkylation sites (tertiary alicyclic amines) is 1. The lowest BCUT2D eigenvalue weighted by molar-refractivity contribution is 0.219. The lowest BCUT2D eigenvalue weighted by Gasteiger charge is -2.32. The molecular formula is C14H24BrN5. The summed E-state index contributed by atoms with van der Waals surface area (Å²) in [6.07, 6.45) is 5.39. The molecule has 20 heavy (non-hydrogen) atoms. The van der Waals surface area contributed by atoms with E-state index in [0.717, 1.165) is 16.8 Å². The Kier molecular flexibility index (Phi) is 6.04. The number of aromatic nitrogens is 2. The van der Waals surface area contributed by atoms with Gasteiger partial charge in [-0.05, 0) is 48.7 Å². The van der Waals surface area contributed by atoms with E-state index in [9.17, 15) is 0 Å². The molecule has 1 fully saturated rings. The molecule has 0 aliphatic carbocycles. The fourth-order valence-corrected chi connectivity index (χ4v) is 2.83. The first-order valence-electron chi connectivity index (χ1n) is 7.48. The Morgan fingerprint density at radius 1 is 1.35 bits per heavy atom. The van der Waals surface area contributed by atoms with Crippen molar-refractivity contribution in [2.45, 2.75) is 39.2 Å². The molecule has 0 saturated carbocycles. The predicted octanol–water partition coefficient (Wildman–Crippen LogP) is 2.96. The van der Waals surface area contributed by atoms with Gasteiger partial charge in [0.1, 0.15) is 5.82 Å². The molecule has 0 unspecified atom stereocenters. The molecule has 1 aromatic rings. The van der Waals surface area contributed by atoms with Crippen molar-refractivity contribution in [1.82, 2.24) is 14.9 Å². The number of nitrogens with one attached hydrogen (secondary N) is 2. The third-order valence-corrected chi connectivity index (χ3v) is 4.13. The van der Waals surface area contributed by atoms with Crippen LogP contribution >= 0.6 is 15.9 Å². The number of piperidine rings is 1. The van der Waals surface area contributed by atoms with Gasteiger partial charge in [-0.25, -0.2) is 4.98 Å². The number of hydrogen-bond donors (Lipinski definition) is 2. The number of rotatable bonds is 6. The molecule has 2 heterocycles. The number of halogens is 1. The topological polar surface area (TPSA) is 53.1 Å². The Morgan fingerprint density at radius 2 is 2.10 bits per heavy atom. The summed E-state index contributed by atoms with van der Waals surface area (Å²) in [4.78, 5) is 11.3. The summed E-state index contributed by atoms with van der Waals surface area (Å²) in [5.74, 6) is 1.58. The van der Waals surface area contributed by atoms with Crippen molar-refractivity contribution >= 4 is 27.7 Å². The van der Waals surface area contributed by atoms with E-state index in [0.29, 0.717) is 12.0 Å². The van der Waals surface area contributed by atoms with E-state index in [-0.39, 0.29) is 0 Å². The minimum absolute atomic E-state index is 0.504. The maximum atomic E-state index is 4.52. The van der Waals surface area contributed by atoms with Crippen LogP contribution in [-0.2, 0) is 0 Å². The molecule has 2 N–H and O–H groups in total. The van der Waals surface area contributed by atoms with Gasteiger partial charge in [-0.2, -0.15) is 4.98 Å². The fourth-order valence-electron chi connectivity index (χ4n) is 2.52. The van der Waals surface area contributed by atoms with Gasteiger partial charge >= 0.3 is 0 Å². The molecule has 0 aromatic carbocycles. The largest absolute Gasteiger partial charge is 0.366 e. The van der Waals surface area contributed by atoms with Crippen LogP contribution in [-0.4, -0.2) is 47.1 Å². The third kappa shape index (κ3) is 4.31. The van der Waals surface area contributed by atoms with Gasteiger partial charge in [0.2, 0.25) is 5.95 Å². The maximum Gasteiger partial charge on any atom is 0.224 e. The summed E-state index contributed by atoms with van der Waals surface area (Å²) in [6.45, 7) is 8.68. The van der Waals surface area contributed by atoms with Crippen LogP contribution in [0, 0.1) is 0 Å². The van der Waals surface area contributed by atoms with Crippen LogP contribution < -0.4 is 10.6 Å². The van der Waals surface area contributed by atoms with Gasteiger partial charge in [0, 0.05) is 31.9 Å². The number of nitrogens with zero attached hydrogens (tertiary/aromatic N) is 3. The fraction of sp³-hybridized carbons (Fsp3) is 0.714. The average Bonchev–Trinajstić information content (AvgIpc) is 2.45. The molecule has 1 saturated heterocycles. The highest BCUT2D eigenvalue weighted by atomic mass is 79.9. The maximum absolute atomic E-state index is 4.52. The average molecular weight is 342 g/mol. The third-order valence-electron chi connectivity index (χ3n) is 3.55. The molecule has 2 rings (SSSR count). The van der Waals surface area contributed by atoms with Crippen LogP contribution in [0.4, 0.5) is 11.8 Å². The first-order valence-corrected chi connectivity index (χ1v) is 8.27. The van der Waals surface area contributed by atoms with Gasteiger partial charge in [0.25, 0.3) is 0 Å². The van der Waals surface area contributed by atoms with Crippen molar-refractivity contribution in [3.05, 3.63) is 10.7 Å². The molecule has 1 aliphatic heterocycles. The van der Waals surface area contributed by atoms with E-state index in [2.05, 4.69) is 48.4 Å². The summed E-state index contributed by atoms with van der Waals surface area (Å²) in [7, 11) is 0. The molecule has 0 radical (unpaired) electrons. The molecule has 5 nitrogen and oxygen atoms in total. The normalized spacial score (nSPS) is 17.1. The lowest BCUT2D eigenvalue weighted by Crippen LogP contribution is -2.39. The lowest BCUT2D eigenvalue weighted by atomic mass is 10.0. The van der Waals surface area contributed by atoms with Crippen LogP contribution in [0.15, 0.2) is 10.7 Å². The zero-order valence-electron chi connectivity index (χ0n) is 12.3. The SMILES string of the molecule is CCCN1CCC(Nc2nc(NCC)ncc2Br)CC1. The second-order valence-electron chi connectivity index (χ2n) is 5.18. The second kappa shape index (κ2) is 7.78. The highest BCUT2D eigenvalue weighted by Gasteiger charge is 2.19. The van der Waals surface area contributed by atoms with E-state index in [1.807, 2.05) is 6.92 Å². The zero-order chi connectivity index (χ0) is 14.4. The summed E-state index contributed by atoms with van der Waals surface area (Å²) >= 11 is 3.52. The zero-order valence-corrected chi connectivity index (χ0v) is 13.9. The molecule has 6 heteroatoms. The molecule has 0 bridgehead atoms. The van der Waals surface area contributed by atoms with Crippen molar-refractivity contribution in [3.63, 3.8) is 0 Å². The smallest absolute Gasteiger partial charge is 0.224 e. The molecule has 0 atom stereocenters. The Balaban J connectivity index is 1.92. The van der Waals surface area contributed by atoms with Crippen LogP contribution in [0.25, 0.3) is 0 Å². The van der Waals surface area contributed by atoms with E-state index in [4.69, 9.17) is 0 Å². The van der Waals surface area contributed by atoms with Crippen LogP contribution in [0.5, 0.6) is 0 Å². The van der Waals surface area contributed by atoms with E-state index in [1.54, 1.807) is 6.20 Å². The molecule has 0 amide bonds. The Hall–Kier alpha value is -0.880. The van der Waals surface area contributed by atoms with Gasteiger partial charge < -0.3 is 15.5 Å². The van der Waals surface area contributed by atoms with Crippen molar-refractivity contribution in [2.24, 2.45) is 0 Å². The van der Waals surface area contributed by atoms with Gasteiger partial charge in [-0.1, -0.05) is 6.92 Å². The minimum Gasteiger partial charge on any atom is -0.366 e. The van der Waals surface area contributed by atoms with Crippen LogP contribution in [0.1, 0.15) is 33.1 Å². The molecular weight excluding hydrogens is 318 g/mol. The number of anilines is 2. The summed E-state index contributed by atoms with van der Waals surface area (Å²) in [5, 5.41) is 6.69. The van der Waals surface area contributed by atoms with E-state index >= 15 is 0 Å². The van der Waals surface area contributed by atoms with E-state index in [1.165, 1.54) is 38.9 Å². The molecule has 1 aromatic heterocycles. The van der Waals surface area contributed by atoms with Gasteiger partial charge in [0.05, 0.1) is 4.47 Å². The highest BCUT2D eigenvalue weighted by molar-refractivity contribution is 9.10. The van der Waals surface area contributed by atoms with Gasteiger partial charge in [-0.3, -0.25) is 0 Å². The molecule has 112 valence electrons. The number of hydrogen-bond acceptors (Lipinski definition) is 5. The first kappa shape index (κ1) is 15.5. The minimum atomic E-state index is 0.504. The van der Waals surface area contributed by atoms with Crippen molar-refractivity contribution < 1.29 is 0 Å². The highest BCUT2D eigenvalue weighted by Crippen LogP contribution is 2.23. The van der Waals surface area contributed by atoms with Crippen molar-refractivity contribution in [2.75, 3.05) is 36.8 Å². The Labute approximate surface area is 129 Å². The molecule has 0 spiro atoms. The quantitative estimate of drug-likeness (QED) is 0.833. The van der Waals surface area contributed by atoms with Gasteiger partial charge in [0.15, 0.2) is 0 Å². The van der Waals surface area contributed by atoms with Crippen LogP contribution in [0.2, 0.25) is 0 Å². The monoisotopic (exact) mass is 341 g/mol. The first-order chi connectivity index (χ1) is 9.72. The van der Waals surface area contributed by atoms with Gasteiger partial charge in [-0.15, -0.1) is 0 Å². The Morgan fingerprint density at radius 3 is 2.75 bits per heavy atom. The molecule has 1 aliphatic rings. The van der Waals surface area contributed by atoms with Crippen molar-refractivity contribution in [3.8, 4) is 0 Å².